The lowest BCUT2D eigenvalue weighted by Gasteiger charge is -2.06. The third kappa shape index (κ3) is 2.00. The number of rotatable bonds is 2. The molecule has 0 saturated heterocycles. The summed E-state index contributed by atoms with van der Waals surface area (Å²) in [5, 5.41) is 0. The fourth-order valence-corrected chi connectivity index (χ4v) is 1.32. The Balaban J connectivity index is 3.05. The highest BCUT2D eigenvalue weighted by Crippen LogP contribution is 2.25. The van der Waals surface area contributed by atoms with Gasteiger partial charge >= 0.3 is 0 Å². The molecule has 0 heterocycles. The van der Waals surface area contributed by atoms with Crippen LogP contribution in [0.25, 0.3) is 0 Å². The maximum Gasteiger partial charge on any atom is 0.145 e. The van der Waals surface area contributed by atoms with Crippen LogP contribution in [0.15, 0.2) is 12.1 Å². The Bertz CT molecular complexity index is 291. The minimum absolute atomic E-state index is 0.298. The highest BCUT2D eigenvalue weighted by Gasteiger charge is 2.05. The summed E-state index contributed by atoms with van der Waals surface area (Å²) in [5.41, 5.74) is 6.05. The van der Waals surface area contributed by atoms with Crippen LogP contribution in [-0.4, -0.2) is 6.61 Å². The summed E-state index contributed by atoms with van der Waals surface area (Å²) in [6.45, 7) is 2.32. The summed E-state index contributed by atoms with van der Waals surface area (Å²) in [7, 11) is 0. The van der Waals surface area contributed by atoms with Crippen LogP contribution in [0.1, 0.15) is 6.92 Å². The van der Waals surface area contributed by atoms with Crippen molar-refractivity contribution in [2.75, 3.05) is 12.3 Å². The number of nitrogen functional groups attached to an aromatic ring is 1. The van der Waals surface area contributed by atoms with Gasteiger partial charge in [0.15, 0.2) is 0 Å². The second kappa shape index (κ2) is 3.93. The molecule has 0 unspecified atom stereocenters. The van der Waals surface area contributed by atoms with E-state index < -0.39 is 0 Å². The molecule has 0 bridgehead atoms. The molecule has 4 heteroatoms. The Morgan fingerprint density at radius 3 is 2.83 bits per heavy atom. The van der Waals surface area contributed by atoms with Crippen molar-refractivity contribution in [3.05, 3.63) is 21.5 Å². The van der Waals surface area contributed by atoms with Gasteiger partial charge < -0.3 is 10.5 Å². The lowest BCUT2D eigenvalue weighted by atomic mass is 10.3. The van der Waals surface area contributed by atoms with Crippen molar-refractivity contribution < 1.29 is 9.13 Å². The van der Waals surface area contributed by atoms with Crippen molar-refractivity contribution in [1.82, 2.24) is 0 Å². The molecule has 1 aromatic rings. The van der Waals surface area contributed by atoms with E-state index in [-0.39, 0.29) is 5.82 Å². The van der Waals surface area contributed by atoms with Crippen LogP contribution in [0.2, 0.25) is 0 Å². The maximum absolute atomic E-state index is 12.9. The number of halogens is 2. The molecular formula is C8H9FINO. The predicted molar refractivity (Wildman–Crippen MR) is 54.7 cm³/mol. The van der Waals surface area contributed by atoms with Crippen LogP contribution in [0.4, 0.5) is 10.1 Å². The van der Waals surface area contributed by atoms with E-state index in [1.54, 1.807) is 6.07 Å². The normalized spacial score (nSPS) is 9.92. The van der Waals surface area contributed by atoms with Gasteiger partial charge in [-0.3, -0.25) is 0 Å². The van der Waals surface area contributed by atoms with Gasteiger partial charge in [-0.1, -0.05) is 0 Å². The average molecular weight is 281 g/mol. The zero-order valence-electron chi connectivity index (χ0n) is 6.60. The van der Waals surface area contributed by atoms with E-state index in [0.717, 1.165) is 0 Å². The van der Waals surface area contributed by atoms with Crippen LogP contribution in [-0.2, 0) is 0 Å². The number of anilines is 1. The summed E-state index contributed by atoms with van der Waals surface area (Å²) < 4.78 is 18.6. The molecule has 0 amide bonds. The Morgan fingerprint density at radius 1 is 1.58 bits per heavy atom. The van der Waals surface area contributed by atoms with Crippen molar-refractivity contribution in [1.29, 1.82) is 0 Å². The van der Waals surface area contributed by atoms with Gasteiger partial charge in [0.2, 0.25) is 0 Å². The van der Waals surface area contributed by atoms with Crippen LogP contribution in [0.5, 0.6) is 5.75 Å². The molecule has 0 aliphatic carbocycles. The fourth-order valence-electron chi connectivity index (χ4n) is 0.824. The van der Waals surface area contributed by atoms with Gasteiger partial charge in [-0.25, -0.2) is 4.39 Å². The van der Waals surface area contributed by atoms with Crippen molar-refractivity contribution in [3.8, 4) is 5.75 Å². The summed E-state index contributed by atoms with van der Waals surface area (Å²) in [4.78, 5) is 0. The molecule has 1 aromatic carbocycles. The summed E-state index contributed by atoms with van der Waals surface area (Å²) >= 11 is 1.88. The molecule has 0 radical (unpaired) electrons. The van der Waals surface area contributed by atoms with Gasteiger partial charge in [-0.15, -0.1) is 0 Å². The summed E-state index contributed by atoms with van der Waals surface area (Å²) in [5.74, 6) is 0.115. The molecular weight excluding hydrogens is 272 g/mol. The first-order valence-electron chi connectivity index (χ1n) is 3.52. The summed E-state index contributed by atoms with van der Waals surface area (Å²) in [6, 6.07) is 2.86. The summed E-state index contributed by atoms with van der Waals surface area (Å²) in [6.07, 6.45) is 0. The fraction of sp³-hybridized carbons (Fsp3) is 0.250. The van der Waals surface area contributed by atoms with E-state index in [4.69, 9.17) is 10.5 Å². The second-order valence-corrected chi connectivity index (χ2v) is 3.40. The van der Waals surface area contributed by atoms with Gasteiger partial charge in [-0.05, 0) is 35.6 Å². The number of benzene rings is 1. The largest absolute Gasteiger partial charge is 0.492 e. The molecule has 66 valence electrons. The molecule has 0 fully saturated rings. The Morgan fingerprint density at radius 2 is 2.25 bits per heavy atom. The van der Waals surface area contributed by atoms with Crippen molar-refractivity contribution >= 4 is 28.3 Å². The lowest BCUT2D eigenvalue weighted by molar-refractivity contribution is 0.340. The standard InChI is InChI=1S/C8H9FINO/c1-2-12-8-3-5(9)6(10)4-7(8)11/h3-4H,2,11H2,1H3. The molecule has 0 atom stereocenters. The number of hydrogen-bond acceptors (Lipinski definition) is 2. The number of nitrogens with two attached hydrogens (primary N) is 1. The lowest BCUT2D eigenvalue weighted by Crippen LogP contribution is -1.98. The molecule has 2 N–H and O–H groups in total. The first-order chi connectivity index (χ1) is 5.65. The Hall–Kier alpha value is -0.520. The molecule has 1 rings (SSSR count). The topological polar surface area (TPSA) is 35.2 Å². The first-order valence-corrected chi connectivity index (χ1v) is 4.60. The zero-order chi connectivity index (χ0) is 9.14. The molecule has 12 heavy (non-hydrogen) atoms. The van der Waals surface area contributed by atoms with Gasteiger partial charge in [-0.2, -0.15) is 0 Å². The quantitative estimate of drug-likeness (QED) is 0.667. The van der Waals surface area contributed by atoms with Gasteiger partial charge in [0.05, 0.1) is 15.9 Å². The van der Waals surface area contributed by atoms with Crippen LogP contribution >= 0.6 is 22.6 Å². The minimum Gasteiger partial charge on any atom is -0.492 e. The van der Waals surface area contributed by atoms with Gasteiger partial charge in [0.25, 0.3) is 0 Å². The second-order valence-electron chi connectivity index (χ2n) is 2.24. The third-order valence-electron chi connectivity index (χ3n) is 1.35. The van der Waals surface area contributed by atoms with Crippen LogP contribution in [0.3, 0.4) is 0 Å². The number of hydrogen-bond donors (Lipinski definition) is 1. The van der Waals surface area contributed by atoms with Gasteiger partial charge in [0, 0.05) is 6.07 Å². The smallest absolute Gasteiger partial charge is 0.145 e. The molecule has 0 aliphatic heterocycles. The third-order valence-corrected chi connectivity index (χ3v) is 2.18. The monoisotopic (exact) mass is 281 g/mol. The molecule has 0 aromatic heterocycles. The van der Waals surface area contributed by atoms with Gasteiger partial charge in [0.1, 0.15) is 11.6 Å². The molecule has 0 spiro atoms. The van der Waals surface area contributed by atoms with E-state index in [9.17, 15) is 4.39 Å². The van der Waals surface area contributed by atoms with Crippen molar-refractivity contribution in [2.45, 2.75) is 6.92 Å². The molecule has 0 aliphatic rings. The highest BCUT2D eigenvalue weighted by atomic mass is 127. The SMILES string of the molecule is CCOc1cc(F)c(I)cc1N. The van der Waals surface area contributed by atoms with Crippen molar-refractivity contribution in [2.24, 2.45) is 0 Å². The highest BCUT2D eigenvalue weighted by molar-refractivity contribution is 14.1. The predicted octanol–water partition coefficient (Wildman–Crippen LogP) is 2.41. The van der Waals surface area contributed by atoms with E-state index in [2.05, 4.69) is 0 Å². The molecule has 0 saturated carbocycles. The Labute approximate surface area is 84.0 Å². The van der Waals surface area contributed by atoms with Crippen molar-refractivity contribution in [3.63, 3.8) is 0 Å². The maximum atomic E-state index is 12.9. The van der Waals surface area contributed by atoms with E-state index in [0.29, 0.717) is 21.6 Å². The average Bonchev–Trinajstić information content (AvgIpc) is 2.01. The minimum atomic E-state index is -0.298. The first kappa shape index (κ1) is 9.57. The zero-order valence-corrected chi connectivity index (χ0v) is 8.76. The van der Waals surface area contributed by atoms with E-state index >= 15 is 0 Å². The number of ether oxygens (including phenoxy) is 1. The Kier molecular flexibility index (Phi) is 3.13. The molecule has 2 nitrogen and oxygen atoms in total. The van der Waals surface area contributed by atoms with Crippen LogP contribution < -0.4 is 10.5 Å². The van der Waals surface area contributed by atoms with E-state index in [1.807, 2.05) is 29.5 Å². The van der Waals surface area contributed by atoms with Crippen LogP contribution in [0, 0.1) is 9.39 Å². The van der Waals surface area contributed by atoms with E-state index in [1.165, 1.54) is 6.07 Å².